The molecule has 4 N–H and O–H groups in total. The lowest BCUT2D eigenvalue weighted by Crippen LogP contribution is -2.18. The van der Waals surface area contributed by atoms with E-state index in [9.17, 15) is 29.8 Å². The Hall–Kier alpha value is -1.93. The van der Waals surface area contributed by atoms with Gasteiger partial charge in [-0.05, 0) is 24.3 Å². The standard InChI is InChI=1S/C12H14N2O8S3/c1-23(15,16)11-5-9(14-7-8-3-2-4-22-8)10(25(19,20)21)6-12(11)24(13,17)18/h2-6,14H,7H2,1H3,(H2,13,17,18)(H,19,20,21). The molecule has 138 valence electrons. The van der Waals surface area contributed by atoms with E-state index < -0.39 is 44.7 Å². The highest BCUT2D eigenvalue weighted by Gasteiger charge is 2.27. The van der Waals surface area contributed by atoms with Gasteiger partial charge in [0.05, 0.1) is 23.4 Å². The summed E-state index contributed by atoms with van der Waals surface area (Å²) in [4.78, 5) is -2.48. The minimum Gasteiger partial charge on any atom is -0.467 e. The molecular formula is C12H14N2O8S3. The number of nitrogens with one attached hydrogen (secondary N) is 1. The summed E-state index contributed by atoms with van der Waals surface area (Å²) in [7, 11) is -13.5. The number of primary sulfonamides is 1. The monoisotopic (exact) mass is 410 g/mol. The summed E-state index contributed by atoms with van der Waals surface area (Å²) in [6, 6.07) is 4.41. The van der Waals surface area contributed by atoms with Crippen LogP contribution in [0.3, 0.4) is 0 Å². The molecule has 0 unspecified atom stereocenters. The Morgan fingerprint density at radius 2 is 1.72 bits per heavy atom. The molecule has 0 atom stereocenters. The van der Waals surface area contributed by atoms with Crippen molar-refractivity contribution in [3.63, 3.8) is 0 Å². The molecule has 0 aliphatic rings. The van der Waals surface area contributed by atoms with Crippen LogP contribution in [0.1, 0.15) is 5.76 Å². The summed E-state index contributed by atoms with van der Waals surface area (Å²) in [5, 5.41) is 7.54. The Labute approximate surface area is 144 Å². The van der Waals surface area contributed by atoms with Gasteiger partial charge in [0.25, 0.3) is 10.1 Å². The molecule has 2 rings (SSSR count). The van der Waals surface area contributed by atoms with Gasteiger partial charge in [0.2, 0.25) is 10.0 Å². The highest BCUT2D eigenvalue weighted by Crippen LogP contribution is 2.31. The van der Waals surface area contributed by atoms with Crippen molar-refractivity contribution in [1.82, 2.24) is 0 Å². The number of furan rings is 1. The first-order chi connectivity index (χ1) is 11.3. The van der Waals surface area contributed by atoms with Crippen LogP contribution in [-0.4, -0.2) is 36.1 Å². The van der Waals surface area contributed by atoms with Crippen molar-refractivity contribution < 1.29 is 34.2 Å². The number of anilines is 1. The Morgan fingerprint density at radius 1 is 1.08 bits per heavy atom. The van der Waals surface area contributed by atoms with Crippen LogP contribution >= 0.6 is 0 Å². The molecule has 0 aliphatic heterocycles. The second-order valence-corrected chi connectivity index (χ2v) is 9.92. The molecule has 13 heteroatoms. The number of rotatable bonds is 6. The minimum absolute atomic E-state index is 0.0482. The zero-order chi connectivity index (χ0) is 19.0. The number of nitrogens with two attached hydrogens (primary N) is 1. The van der Waals surface area contributed by atoms with Crippen molar-refractivity contribution in [2.45, 2.75) is 21.2 Å². The van der Waals surface area contributed by atoms with Gasteiger partial charge in [-0.25, -0.2) is 22.0 Å². The molecule has 0 bridgehead atoms. The van der Waals surface area contributed by atoms with Crippen molar-refractivity contribution >= 4 is 35.7 Å². The Kier molecular flexibility index (Phi) is 4.98. The van der Waals surface area contributed by atoms with E-state index in [0.717, 1.165) is 12.3 Å². The van der Waals surface area contributed by atoms with Crippen molar-refractivity contribution in [2.24, 2.45) is 5.14 Å². The number of sulfone groups is 1. The average Bonchev–Trinajstić information content (AvgIpc) is 2.94. The molecule has 0 amide bonds. The van der Waals surface area contributed by atoms with Crippen LogP contribution in [0.25, 0.3) is 0 Å². The maximum absolute atomic E-state index is 11.9. The van der Waals surface area contributed by atoms with Gasteiger partial charge < -0.3 is 9.73 Å². The summed E-state index contributed by atoms with van der Waals surface area (Å²) in [5.74, 6) is 0.387. The smallest absolute Gasteiger partial charge is 0.296 e. The van der Waals surface area contributed by atoms with Crippen molar-refractivity contribution in [3.8, 4) is 0 Å². The molecule has 0 radical (unpaired) electrons. The zero-order valence-corrected chi connectivity index (χ0v) is 15.2. The third-order valence-corrected chi connectivity index (χ3v) is 6.17. The summed E-state index contributed by atoms with van der Waals surface area (Å²) < 4.78 is 84.5. The fourth-order valence-corrected chi connectivity index (χ4v) is 4.93. The Bertz CT molecular complexity index is 1100. The fraction of sp³-hybridized carbons (Fsp3) is 0.167. The van der Waals surface area contributed by atoms with E-state index in [2.05, 4.69) is 5.32 Å². The number of hydrogen-bond donors (Lipinski definition) is 3. The SMILES string of the molecule is CS(=O)(=O)c1cc(NCc2ccco2)c(S(=O)(=O)O)cc1S(N)(=O)=O. The highest BCUT2D eigenvalue weighted by atomic mass is 32.2. The van der Waals surface area contributed by atoms with E-state index in [4.69, 9.17) is 9.56 Å². The number of hydrogen-bond acceptors (Lipinski definition) is 8. The molecule has 1 aromatic carbocycles. The lowest BCUT2D eigenvalue weighted by molar-refractivity contribution is 0.482. The van der Waals surface area contributed by atoms with Crippen LogP contribution in [0.15, 0.2) is 49.6 Å². The highest BCUT2D eigenvalue weighted by molar-refractivity contribution is 7.93. The quantitative estimate of drug-likeness (QED) is 0.561. The molecule has 1 aromatic heterocycles. The van der Waals surface area contributed by atoms with Gasteiger partial charge in [0, 0.05) is 6.26 Å². The van der Waals surface area contributed by atoms with E-state index in [-0.39, 0.29) is 12.2 Å². The van der Waals surface area contributed by atoms with E-state index in [1.54, 1.807) is 12.1 Å². The van der Waals surface area contributed by atoms with Gasteiger partial charge >= 0.3 is 0 Å². The molecule has 0 saturated carbocycles. The lowest BCUT2D eigenvalue weighted by Gasteiger charge is -2.14. The number of benzene rings is 1. The molecule has 0 fully saturated rings. The van der Waals surface area contributed by atoms with Crippen LogP contribution in [0, 0.1) is 0 Å². The summed E-state index contributed by atoms with van der Waals surface area (Å²) in [6.45, 7) is -0.0482. The van der Waals surface area contributed by atoms with E-state index in [0.29, 0.717) is 11.8 Å². The van der Waals surface area contributed by atoms with Gasteiger partial charge in [-0.3, -0.25) is 4.55 Å². The molecule has 10 nitrogen and oxygen atoms in total. The molecule has 0 aliphatic carbocycles. The lowest BCUT2D eigenvalue weighted by atomic mass is 10.3. The van der Waals surface area contributed by atoms with Crippen LogP contribution in [-0.2, 0) is 36.5 Å². The molecule has 25 heavy (non-hydrogen) atoms. The third kappa shape index (κ3) is 4.58. The fourth-order valence-electron chi connectivity index (χ4n) is 2.00. The van der Waals surface area contributed by atoms with Crippen molar-refractivity contribution in [2.75, 3.05) is 11.6 Å². The summed E-state index contributed by atoms with van der Waals surface area (Å²) in [6.07, 6.45) is 2.10. The van der Waals surface area contributed by atoms with Crippen LogP contribution in [0.4, 0.5) is 5.69 Å². The average molecular weight is 410 g/mol. The second kappa shape index (κ2) is 6.42. The Morgan fingerprint density at radius 3 is 2.16 bits per heavy atom. The summed E-state index contributed by atoms with van der Waals surface area (Å²) in [5.41, 5.74) is -0.327. The third-order valence-electron chi connectivity index (χ3n) is 3.06. The first kappa shape index (κ1) is 19.4. The number of sulfonamides is 1. The van der Waals surface area contributed by atoms with Gasteiger partial charge in [-0.2, -0.15) is 8.42 Å². The maximum atomic E-state index is 11.9. The normalized spacial score (nSPS) is 12.9. The maximum Gasteiger partial charge on any atom is 0.296 e. The van der Waals surface area contributed by atoms with E-state index in [1.165, 1.54) is 6.26 Å². The topological polar surface area (TPSA) is 174 Å². The van der Waals surface area contributed by atoms with E-state index >= 15 is 0 Å². The first-order valence-corrected chi connectivity index (χ1v) is 11.3. The predicted molar refractivity (Wildman–Crippen MR) is 86.8 cm³/mol. The molecule has 2 aromatic rings. The predicted octanol–water partition coefficient (Wildman–Crippen LogP) is 0.189. The van der Waals surface area contributed by atoms with Crippen LogP contribution in [0.2, 0.25) is 0 Å². The zero-order valence-electron chi connectivity index (χ0n) is 12.7. The van der Waals surface area contributed by atoms with Crippen molar-refractivity contribution in [1.29, 1.82) is 0 Å². The molecular weight excluding hydrogens is 396 g/mol. The largest absolute Gasteiger partial charge is 0.467 e. The minimum atomic E-state index is -4.88. The van der Waals surface area contributed by atoms with Gasteiger partial charge in [0.1, 0.15) is 15.6 Å². The van der Waals surface area contributed by atoms with Gasteiger partial charge in [-0.1, -0.05) is 0 Å². The van der Waals surface area contributed by atoms with Crippen LogP contribution < -0.4 is 10.5 Å². The van der Waals surface area contributed by atoms with Crippen LogP contribution in [0.5, 0.6) is 0 Å². The molecule has 1 heterocycles. The van der Waals surface area contributed by atoms with Gasteiger partial charge in [0.15, 0.2) is 9.84 Å². The first-order valence-electron chi connectivity index (χ1n) is 6.45. The van der Waals surface area contributed by atoms with Crippen molar-refractivity contribution in [3.05, 3.63) is 36.3 Å². The van der Waals surface area contributed by atoms with Gasteiger partial charge in [-0.15, -0.1) is 0 Å². The Balaban J connectivity index is 2.72. The second-order valence-electron chi connectivity index (χ2n) is 5.02. The molecule has 0 saturated heterocycles. The van der Waals surface area contributed by atoms with E-state index in [1.807, 2.05) is 0 Å². The molecule has 0 spiro atoms. The summed E-state index contributed by atoms with van der Waals surface area (Å²) >= 11 is 0.